The van der Waals surface area contributed by atoms with Crippen LogP contribution in [0.25, 0.3) is 11.1 Å². The number of aromatic nitrogens is 1. The van der Waals surface area contributed by atoms with Crippen molar-refractivity contribution < 1.29 is 14.7 Å². The molecule has 152 valence electrons. The van der Waals surface area contributed by atoms with Gasteiger partial charge in [0.2, 0.25) is 11.8 Å². The van der Waals surface area contributed by atoms with Gasteiger partial charge in [-0.2, -0.15) is 0 Å². The zero-order valence-electron chi connectivity index (χ0n) is 16.6. The number of nitrogens with zero attached hydrogens (tertiary/aromatic N) is 2. The van der Waals surface area contributed by atoms with Gasteiger partial charge < -0.3 is 15.3 Å². The maximum Gasteiger partial charge on any atom is 0.226 e. The third-order valence-corrected chi connectivity index (χ3v) is 6.29. The summed E-state index contributed by atoms with van der Waals surface area (Å²) in [6, 6.07) is 11.8. The SMILES string of the molecule is CC(=O)NC[C@H]1[C@@H](c2ccc(-c3cccnc3)cc2)[C@H](CO)N1C(=O)C1CCC1. The molecule has 1 aromatic carbocycles. The number of nitrogens with one attached hydrogen (secondary N) is 1. The fourth-order valence-corrected chi connectivity index (χ4v) is 4.49. The maximum atomic E-state index is 12.9. The van der Waals surface area contributed by atoms with Gasteiger partial charge in [-0.15, -0.1) is 0 Å². The quantitative estimate of drug-likeness (QED) is 0.789. The number of hydrogen-bond donors (Lipinski definition) is 2. The molecule has 0 bridgehead atoms. The predicted molar refractivity (Wildman–Crippen MR) is 110 cm³/mol. The number of pyridine rings is 1. The van der Waals surface area contributed by atoms with Gasteiger partial charge in [0.15, 0.2) is 0 Å². The molecule has 1 aliphatic heterocycles. The van der Waals surface area contributed by atoms with E-state index in [9.17, 15) is 14.7 Å². The minimum atomic E-state index is -0.244. The number of carbonyl (C=O) groups excluding carboxylic acids is 2. The largest absolute Gasteiger partial charge is 0.394 e. The Morgan fingerprint density at radius 2 is 1.90 bits per heavy atom. The lowest BCUT2D eigenvalue weighted by atomic mass is 9.72. The standard InChI is InChI=1S/C23H27N3O3/c1-15(28)25-13-20-22(21(14-27)26(20)23(29)18-4-2-5-18)17-9-7-16(8-10-17)19-6-3-11-24-12-19/h3,6-12,18,20-22,27H,2,4-5,13-14H2,1H3,(H,25,28)/t20-,21-,22+/m0/s1. The smallest absolute Gasteiger partial charge is 0.226 e. The summed E-state index contributed by atoms with van der Waals surface area (Å²) in [4.78, 5) is 30.4. The first-order chi connectivity index (χ1) is 14.1. The molecule has 0 spiro atoms. The van der Waals surface area contributed by atoms with Crippen molar-refractivity contribution in [3.8, 4) is 11.1 Å². The van der Waals surface area contributed by atoms with E-state index >= 15 is 0 Å². The van der Waals surface area contributed by atoms with Crippen LogP contribution in [-0.4, -0.2) is 52.0 Å². The zero-order valence-corrected chi connectivity index (χ0v) is 16.6. The summed E-state index contributed by atoms with van der Waals surface area (Å²) < 4.78 is 0. The first kappa shape index (κ1) is 19.6. The van der Waals surface area contributed by atoms with Crippen molar-refractivity contribution in [2.45, 2.75) is 44.2 Å². The first-order valence-electron chi connectivity index (χ1n) is 10.3. The number of aliphatic hydroxyl groups is 1. The van der Waals surface area contributed by atoms with Crippen LogP contribution in [-0.2, 0) is 9.59 Å². The van der Waals surface area contributed by atoms with Crippen LogP contribution < -0.4 is 5.32 Å². The topological polar surface area (TPSA) is 82.5 Å². The van der Waals surface area contributed by atoms with Crippen LogP contribution in [0.2, 0.25) is 0 Å². The Balaban J connectivity index is 1.57. The highest BCUT2D eigenvalue weighted by atomic mass is 16.3. The molecule has 3 atom stereocenters. The van der Waals surface area contributed by atoms with Crippen molar-refractivity contribution in [2.24, 2.45) is 5.92 Å². The van der Waals surface area contributed by atoms with E-state index in [1.165, 1.54) is 6.92 Å². The Bertz CT molecular complexity index is 865. The molecule has 0 unspecified atom stereocenters. The summed E-state index contributed by atoms with van der Waals surface area (Å²) in [6.07, 6.45) is 6.51. The summed E-state index contributed by atoms with van der Waals surface area (Å²) in [7, 11) is 0. The van der Waals surface area contributed by atoms with Gasteiger partial charge in [0.1, 0.15) is 0 Å². The van der Waals surface area contributed by atoms with Crippen LogP contribution in [0.15, 0.2) is 48.8 Å². The Kier molecular flexibility index (Phi) is 5.62. The number of amides is 2. The highest BCUT2D eigenvalue weighted by molar-refractivity contribution is 5.82. The lowest BCUT2D eigenvalue weighted by molar-refractivity contribution is -0.158. The highest BCUT2D eigenvalue weighted by Crippen LogP contribution is 2.43. The zero-order chi connectivity index (χ0) is 20.4. The summed E-state index contributed by atoms with van der Waals surface area (Å²) in [6.45, 7) is 1.81. The molecule has 29 heavy (non-hydrogen) atoms. The van der Waals surface area contributed by atoms with Crippen molar-refractivity contribution in [3.63, 3.8) is 0 Å². The maximum absolute atomic E-state index is 12.9. The van der Waals surface area contributed by atoms with Gasteiger partial charge in [-0.1, -0.05) is 36.8 Å². The Labute approximate surface area is 171 Å². The van der Waals surface area contributed by atoms with Crippen molar-refractivity contribution >= 4 is 11.8 Å². The Morgan fingerprint density at radius 3 is 2.45 bits per heavy atom. The molecule has 4 rings (SSSR count). The average Bonchev–Trinajstić information content (AvgIpc) is 2.67. The molecule has 2 aromatic rings. The molecule has 6 nitrogen and oxygen atoms in total. The third kappa shape index (κ3) is 3.77. The Morgan fingerprint density at radius 1 is 1.14 bits per heavy atom. The normalized spacial score (nSPS) is 23.8. The van der Waals surface area contributed by atoms with Gasteiger partial charge in [-0.25, -0.2) is 0 Å². The Hall–Kier alpha value is -2.73. The van der Waals surface area contributed by atoms with Gasteiger partial charge in [-0.05, 0) is 35.6 Å². The summed E-state index contributed by atoms with van der Waals surface area (Å²) in [5.74, 6) is 0.0738. The lowest BCUT2D eigenvalue weighted by Gasteiger charge is -2.56. The second-order valence-electron chi connectivity index (χ2n) is 8.02. The number of rotatable bonds is 6. The minimum absolute atomic E-state index is 0.00109. The first-order valence-corrected chi connectivity index (χ1v) is 10.3. The fourth-order valence-electron chi connectivity index (χ4n) is 4.49. The molecule has 0 radical (unpaired) electrons. The van der Waals surface area contributed by atoms with E-state index in [1.807, 2.05) is 35.4 Å². The molecular formula is C23H27N3O3. The average molecular weight is 393 g/mol. The molecule has 2 N–H and O–H groups in total. The molecule has 2 aliphatic rings. The van der Waals surface area contributed by atoms with Crippen LogP contribution >= 0.6 is 0 Å². The predicted octanol–water partition coefficient (Wildman–Crippen LogP) is 2.34. The molecule has 2 heterocycles. The van der Waals surface area contributed by atoms with Crippen LogP contribution in [0.5, 0.6) is 0 Å². The molecule has 1 saturated carbocycles. The van der Waals surface area contributed by atoms with Crippen molar-refractivity contribution in [1.29, 1.82) is 0 Å². The summed E-state index contributed by atoms with van der Waals surface area (Å²) in [5.41, 5.74) is 3.19. The molecule has 2 amide bonds. The van der Waals surface area contributed by atoms with E-state index in [0.717, 1.165) is 36.0 Å². The van der Waals surface area contributed by atoms with Crippen LogP contribution in [0.4, 0.5) is 0 Å². The molecule has 1 aromatic heterocycles. The monoisotopic (exact) mass is 393 g/mol. The molecule has 2 fully saturated rings. The van der Waals surface area contributed by atoms with E-state index < -0.39 is 0 Å². The van der Waals surface area contributed by atoms with E-state index in [0.29, 0.717) is 6.54 Å². The molecule has 1 aliphatic carbocycles. The number of carbonyl (C=O) groups is 2. The van der Waals surface area contributed by atoms with Crippen molar-refractivity contribution in [2.75, 3.05) is 13.2 Å². The van der Waals surface area contributed by atoms with E-state index in [1.54, 1.807) is 6.20 Å². The van der Waals surface area contributed by atoms with Gasteiger partial charge >= 0.3 is 0 Å². The highest BCUT2D eigenvalue weighted by Gasteiger charge is 2.52. The van der Waals surface area contributed by atoms with Gasteiger partial charge in [0.05, 0.1) is 18.7 Å². The van der Waals surface area contributed by atoms with Crippen LogP contribution in [0.3, 0.4) is 0 Å². The second-order valence-corrected chi connectivity index (χ2v) is 8.02. The van der Waals surface area contributed by atoms with Crippen molar-refractivity contribution in [1.82, 2.24) is 15.2 Å². The van der Waals surface area contributed by atoms with Gasteiger partial charge in [0, 0.05) is 37.7 Å². The van der Waals surface area contributed by atoms with Gasteiger partial charge in [-0.3, -0.25) is 14.6 Å². The van der Waals surface area contributed by atoms with Crippen LogP contribution in [0, 0.1) is 5.92 Å². The second kappa shape index (κ2) is 8.33. The van der Waals surface area contributed by atoms with E-state index in [-0.39, 0.29) is 42.3 Å². The molecule has 1 saturated heterocycles. The number of benzene rings is 1. The van der Waals surface area contributed by atoms with E-state index in [4.69, 9.17) is 0 Å². The number of hydrogen-bond acceptors (Lipinski definition) is 4. The van der Waals surface area contributed by atoms with Crippen LogP contribution in [0.1, 0.15) is 37.7 Å². The van der Waals surface area contributed by atoms with Gasteiger partial charge in [0.25, 0.3) is 0 Å². The summed E-state index contributed by atoms with van der Waals surface area (Å²) >= 11 is 0. The fraction of sp³-hybridized carbons (Fsp3) is 0.435. The molecule has 6 heteroatoms. The lowest BCUT2D eigenvalue weighted by Crippen LogP contribution is -2.69. The minimum Gasteiger partial charge on any atom is -0.394 e. The summed E-state index contributed by atoms with van der Waals surface area (Å²) in [5, 5.41) is 12.9. The number of aliphatic hydroxyl groups excluding tert-OH is 1. The van der Waals surface area contributed by atoms with E-state index in [2.05, 4.69) is 22.4 Å². The molecular weight excluding hydrogens is 366 g/mol. The number of likely N-dealkylation sites (tertiary alicyclic amines) is 1. The third-order valence-electron chi connectivity index (χ3n) is 6.29. The van der Waals surface area contributed by atoms with Crippen molar-refractivity contribution in [3.05, 3.63) is 54.4 Å².